The van der Waals surface area contributed by atoms with Crippen molar-refractivity contribution in [3.05, 3.63) is 30.1 Å². The number of hydrogen-bond donors (Lipinski definition) is 1. The fraction of sp³-hybridized carbons (Fsp3) is 0.467. The van der Waals surface area contributed by atoms with Gasteiger partial charge in [-0.3, -0.25) is 4.79 Å². The molecular formula is C15H20N2O2. The van der Waals surface area contributed by atoms with Crippen molar-refractivity contribution >= 4 is 17.0 Å². The van der Waals surface area contributed by atoms with Gasteiger partial charge in [0.1, 0.15) is 5.82 Å². The molecule has 2 aromatic rings. The van der Waals surface area contributed by atoms with Crippen LogP contribution in [0.3, 0.4) is 0 Å². The SMILES string of the molecule is CC(C)(C)n1c(CCCC(=O)O)nc2ccccc21. The Balaban J connectivity index is 2.39. The molecule has 0 unspecified atom stereocenters. The first-order valence-corrected chi connectivity index (χ1v) is 6.58. The second-order valence-corrected chi connectivity index (χ2v) is 5.77. The summed E-state index contributed by atoms with van der Waals surface area (Å²) >= 11 is 0. The number of benzene rings is 1. The van der Waals surface area contributed by atoms with E-state index < -0.39 is 5.97 Å². The van der Waals surface area contributed by atoms with Crippen molar-refractivity contribution in [2.24, 2.45) is 0 Å². The van der Waals surface area contributed by atoms with Gasteiger partial charge >= 0.3 is 5.97 Å². The molecule has 0 saturated carbocycles. The van der Waals surface area contributed by atoms with Crippen molar-refractivity contribution in [2.45, 2.75) is 45.6 Å². The highest BCUT2D eigenvalue weighted by atomic mass is 16.4. The summed E-state index contributed by atoms with van der Waals surface area (Å²) in [6.45, 7) is 6.42. The molecule has 0 bridgehead atoms. The lowest BCUT2D eigenvalue weighted by Crippen LogP contribution is -2.24. The van der Waals surface area contributed by atoms with Crippen molar-refractivity contribution in [2.75, 3.05) is 0 Å². The molecule has 1 N–H and O–H groups in total. The topological polar surface area (TPSA) is 55.1 Å². The van der Waals surface area contributed by atoms with E-state index in [4.69, 9.17) is 5.11 Å². The highest BCUT2D eigenvalue weighted by Crippen LogP contribution is 2.25. The lowest BCUT2D eigenvalue weighted by molar-refractivity contribution is -0.137. The van der Waals surface area contributed by atoms with E-state index in [1.165, 1.54) is 0 Å². The number of nitrogens with zero attached hydrogens (tertiary/aromatic N) is 2. The minimum Gasteiger partial charge on any atom is -0.481 e. The molecule has 0 radical (unpaired) electrons. The number of carboxylic acids is 1. The van der Waals surface area contributed by atoms with Crippen molar-refractivity contribution in [1.29, 1.82) is 0 Å². The van der Waals surface area contributed by atoms with Crippen LogP contribution in [-0.2, 0) is 16.8 Å². The van der Waals surface area contributed by atoms with Gasteiger partial charge in [-0.1, -0.05) is 12.1 Å². The second-order valence-electron chi connectivity index (χ2n) is 5.77. The zero-order valence-electron chi connectivity index (χ0n) is 11.7. The second kappa shape index (κ2) is 5.03. The lowest BCUT2D eigenvalue weighted by Gasteiger charge is -2.24. The Kier molecular flexibility index (Phi) is 3.60. The number of aryl methyl sites for hydroxylation is 1. The molecule has 0 aliphatic carbocycles. The summed E-state index contributed by atoms with van der Waals surface area (Å²) < 4.78 is 2.21. The molecule has 19 heavy (non-hydrogen) atoms. The zero-order chi connectivity index (χ0) is 14.0. The quantitative estimate of drug-likeness (QED) is 0.918. The first-order valence-electron chi connectivity index (χ1n) is 6.58. The van der Waals surface area contributed by atoms with E-state index in [1.807, 2.05) is 18.2 Å². The van der Waals surface area contributed by atoms with Crippen molar-refractivity contribution in [3.63, 3.8) is 0 Å². The Morgan fingerprint density at radius 1 is 1.32 bits per heavy atom. The van der Waals surface area contributed by atoms with Crippen LogP contribution < -0.4 is 0 Å². The number of imidazole rings is 1. The first-order chi connectivity index (χ1) is 8.89. The maximum absolute atomic E-state index is 10.6. The molecule has 0 saturated heterocycles. The fourth-order valence-electron chi connectivity index (χ4n) is 2.39. The van der Waals surface area contributed by atoms with E-state index in [0.29, 0.717) is 12.8 Å². The summed E-state index contributed by atoms with van der Waals surface area (Å²) in [5, 5.41) is 8.73. The van der Waals surface area contributed by atoms with Crippen LogP contribution in [0.15, 0.2) is 24.3 Å². The van der Waals surface area contributed by atoms with E-state index in [1.54, 1.807) is 0 Å². The molecule has 0 amide bonds. The average Bonchev–Trinajstić information content (AvgIpc) is 2.66. The van der Waals surface area contributed by atoms with Crippen molar-refractivity contribution in [1.82, 2.24) is 9.55 Å². The minimum absolute atomic E-state index is 0.0609. The molecule has 4 heteroatoms. The van der Waals surface area contributed by atoms with Crippen LogP contribution in [0.5, 0.6) is 0 Å². The van der Waals surface area contributed by atoms with Gasteiger partial charge < -0.3 is 9.67 Å². The minimum atomic E-state index is -0.751. The summed E-state index contributed by atoms with van der Waals surface area (Å²) in [5.74, 6) is 0.216. The van der Waals surface area contributed by atoms with E-state index in [-0.39, 0.29) is 12.0 Å². The van der Waals surface area contributed by atoms with Gasteiger partial charge in [0.25, 0.3) is 0 Å². The Bertz CT molecular complexity index is 594. The van der Waals surface area contributed by atoms with Crippen molar-refractivity contribution in [3.8, 4) is 0 Å². The van der Waals surface area contributed by atoms with Crippen LogP contribution in [0.25, 0.3) is 11.0 Å². The van der Waals surface area contributed by atoms with Crippen molar-refractivity contribution < 1.29 is 9.90 Å². The van der Waals surface area contributed by atoms with E-state index in [2.05, 4.69) is 36.4 Å². The van der Waals surface area contributed by atoms with Gasteiger partial charge in [0, 0.05) is 18.4 Å². The fourth-order valence-corrected chi connectivity index (χ4v) is 2.39. The first kappa shape index (κ1) is 13.6. The standard InChI is InChI=1S/C15H20N2O2/c1-15(2,3)17-12-8-5-4-7-11(12)16-13(17)9-6-10-14(18)19/h4-5,7-8H,6,9-10H2,1-3H3,(H,18,19). The van der Waals surface area contributed by atoms with E-state index >= 15 is 0 Å². The maximum Gasteiger partial charge on any atom is 0.303 e. The third-order valence-corrected chi connectivity index (χ3v) is 3.09. The maximum atomic E-state index is 10.6. The molecular weight excluding hydrogens is 240 g/mol. The van der Waals surface area contributed by atoms with E-state index in [0.717, 1.165) is 16.9 Å². The number of carboxylic acid groups (broad SMARTS) is 1. The highest BCUT2D eigenvalue weighted by molar-refractivity contribution is 5.76. The third-order valence-electron chi connectivity index (χ3n) is 3.09. The van der Waals surface area contributed by atoms with Crippen LogP contribution in [-0.4, -0.2) is 20.6 Å². The largest absolute Gasteiger partial charge is 0.481 e. The monoisotopic (exact) mass is 260 g/mol. The molecule has 1 aromatic carbocycles. The lowest BCUT2D eigenvalue weighted by atomic mass is 10.1. The molecule has 4 nitrogen and oxygen atoms in total. The highest BCUT2D eigenvalue weighted by Gasteiger charge is 2.20. The number of rotatable bonds is 4. The van der Waals surface area contributed by atoms with Crippen LogP contribution in [0.1, 0.15) is 39.4 Å². The molecule has 0 spiro atoms. The summed E-state index contributed by atoms with van der Waals surface area (Å²) in [4.78, 5) is 15.3. The van der Waals surface area contributed by atoms with Gasteiger partial charge in [0.2, 0.25) is 0 Å². The van der Waals surface area contributed by atoms with Crippen LogP contribution in [0, 0.1) is 0 Å². The predicted molar refractivity (Wildman–Crippen MR) is 75.3 cm³/mol. The summed E-state index contributed by atoms with van der Waals surface area (Å²) in [6.07, 6.45) is 1.50. The molecule has 0 fully saturated rings. The van der Waals surface area contributed by atoms with Crippen LogP contribution in [0.4, 0.5) is 0 Å². The third kappa shape index (κ3) is 2.95. The molecule has 1 heterocycles. The molecule has 0 atom stereocenters. The van der Waals surface area contributed by atoms with Gasteiger partial charge in [-0.15, -0.1) is 0 Å². The van der Waals surface area contributed by atoms with E-state index in [9.17, 15) is 4.79 Å². The summed E-state index contributed by atoms with van der Waals surface area (Å²) in [6, 6.07) is 8.04. The van der Waals surface area contributed by atoms with Crippen LogP contribution in [0.2, 0.25) is 0 Å². The van der Waals surface area contributed by atoms with Gasteiger partial charge in [-0.2, -0.15) is 0 Å². The van der Waals surface area contributed by atoms with Gasteiger partial charge in [0.05, 0.1) is 11.0 Å². The molecule has 1 aromatic heterocycles. The van der Waals surface area contributed by atoms with Crippen LogP contribution >= 0.6 is 0 Å². The number of fused-ring (bicyclic) bond motifs is 1. The number of hydrogen-bond acceptors (Lipinski definition) is 2. The number of aliphatic carboxylic acids is 1. The zero-order valence-corrected chi connectivity index (χ0v) is 11.7. The number of carbonyl (C=O) groups is 1. The van der Waals surface area contributed by atoms with Gasteiger partial charge in [-0.05, 0) is 39.3 Å². The average molecular weight is 260 g/mol. The summed E-state index contributed by atoms with van der Waals surface area (Å²) in [5.41, 5.74) is 2.03. The predicted octanol–water partition coefficient (Wildman–Crippen LogP) is 3.20. The Morgan fingerprint density at radius 3 is 2.63 bits per heavy atom. The normalized spacial score (nSPS) is 11.9. The smallest absolute Gasteiger partial charge is 0.303 e. The molecule has 2 rings (SSSR count). The Morgan fingerprint density at radius 2 is 2.00 bits per heavy atom. The Labute approximate surface area is 113 Å². The Hall–Kier alpha value is -1.84. The van der Waals surface area contributed by atoms with Gasteiger partial charge in [-0.25, -0.2) is 4.98 Å². The molecule has 0 aliphatic heterocycles. The number of aromatic nitrogens is 2. The molecule has 102 valence electrons. The van der Waals surface area contributed by atoms with Gasteiger partial charge in [0.15, 0.2) is 0 Å². The summed E-state index contributed by atoms with van der Waals surface area (Å²) in [7, 11) is 0. The molecule has 0 aliphatic rings. The number of para-hydroxylation sites is 2.